The molecule has 34 heavy (non-hydrogen) atoms. The Bertz CT molecular complexity index is 1650. The fraction of sp³-hybridized carbons (Fsp3) is 0.0556. The van der Waals surface area contributed by atoms with Crippen LogP contribution in [0.5, 0.6) is 0 Å². The van der Waals surface area contributed by atoms with Crippen molar-refractivity contribution in [3.63, 3.8) is 0 Å². The van der Waals surface area contributed by atoms with Crippen LogP contribution in [0.3, 0.4) is 0 Å². The molecule has 16 heteroatoms. The predicted octanol–water partition coefficient (Wildman–Crippen LogP) is 1.07. The molecule has 0 saturated heterocycles. The number of hydrogen-bond donors (Lipinski definition) is 5. The number of benzene rings is 3. The van der Waals surface area contributed by atoms with Crippen molar-refractivity contribution in [1.82, 2.24) is 0 Å². The number of carbonyl (C=O) groups excluding carboxylic acids is 1. The molecule has 0 aromatic heterocycles. The molecule has 0 radical (unpaired) electrons. The quantitative estimate of drug-likeness (QED) is 0.175. The molecule has 0 atom stereocenters. The molecule has 1 amide bonds. The van der Waals surface area contributed by atoms with E-state index in [1.807, 2.05) is 0 Å². The summed E-state index contributed by atoms with van der Waals surface area (Å²) in [4.78, 5) is 9.55. The molecule has 178 valence electrons. The van der Waals surface area contributed by atoms with E-state index in [-0.39, 0.29) is 46.5 Å². The predicted molar refractivity (Wildman–Crippen MR) is 124 cm³/mol. The average molecular weight is 541 g/mol. The minimum absolute atomic E-state index is 0. The Hall–Kier alpha value is -2.08. The van der Waals surface area contributed by atoms with E-state index in [2.05, 4.69) is 5.32 Å². The Kier molecular flexibility index (Phi) is 7.89. The van der Waals surface area contributed by atoms with Crippen molar-refractivity contribution in [2.45, 2.75) is 21.6 Å². The van der Waals surface area contributed by atoms with E-state index in [0.717, 1.165) is 12.1 Å². The molecular formula is C18H17N2NaO10S3. The van der Waals surface area contributed by atoms with E-state index in [9.17, 15) is 43.7 Å². The molecular weight excluding hydrogens is 523 g/mol. The summed E-state index contributed by atoms with van der Waals surface area (Å²) in [5.41, 5.74) is 6.44. The van der Waals surface area contributed by atoms with Crippen molar-refractivity contribution in [2.24, 2.45) is 0 Å². The fourth-order valence-corrected chi connectivity index (χ4v) is 5.09. The van der Waals surface area contributed by atoms with E-state index < -0.39 is 61.7 Å². The van der Waals surface area contributed by atoms with Crippen LogP contribution >= 0.6 is 0 Å². The Morgan fingerprint density at radius 3 is 1.91 bits per heavy atom. The summed E-state index contributed by atoms with van der Waals surface area (Å²) < 4.78 is 99.4. The molecule has 12 nitrogen and oxygen atoms in total. The molecule has 0 bridgehead atoms. The van der Waals surface area contributed by atoms with Gasteiger partial charge >= 0.3 is 29.6 Å². The van der Waals surface area contributed by atoms with Crippen LogP contribution in [-0.4, -0.2) is 74.4 Å². The fourth-order valence-electron chi connectivity index (χ4n) is 3.05. The molecule has 0 fully saturated rings. The molecule has 0 heterocycles. The van der Waals surface area contributed by atoms with Crippen LogP contribution in [-0.2, 0) is 30.4 Å². The molecule has 0 saturated carbocycles. The Morgan fingerprint density at radius 2 is 1.41 bits per heavy atom. The number of rotatable bonds is 5. The number of nitrogens with two attached hydrogens (primary N) is 1. The zero-order valence-corrected chi connectivity index (χ0v) is 19.0. The molecule has 0 spiro atoms. The molecule has 3 rings (SSSR count). The van der Waals surface area contributed by atoms with Crippen LogP contribution in [0.25, 0.3) is 10.8 Å². The molecule has 0 aliphatic carbocycles. The first-order valence-corrected chi connectivity index (χ1v) is 13.0. The molecule has 0 aliphatic rings. The van der Waals surface area contributed by atoms with Crippen molar-refractivity contribution in [3.05, 3.63) is 53.6 Å². The normalized spacial score (nSPS) is 12.2. The zero-order chi connectivity index (χ0) is 24.9. The van der Waals surface area contributed by atoms with Gasteiger partial charge < -0.3 is 11.1 Å². The first-order chi connectivity index (χ1) is 15.0. The van der Waals surface area contributed by atoms with Gasteiger partial charge in [-0.25, -0.2) is 0 Å². The maximum atomic E-state index is 12.7. The van der Waals surface area contributed by atoms with Crippen LogP contribution in [0.4, 0.5) is 11.4 Å². The number of hydrogen-bond acceptors (Lipinski definition) is 8. The van der Waals surface area contributed by atoms with Gasteiger partial charge in [-0.15, -0.1) is 0 Å². The van der Waals surface area contributed by atoms with Crippen LogP contribution in [0.2, 0.25) is 0 Å². The summed E-state index contributed by atoms with van der Waals surface area (Å²) in [5, 5.41) is 1.00. The van der Waals surface area contributed by atoms with Crippen molar-refractivity contribution in [1.29, 1.82) is 0 Å². The number of aryl methyl sites for hydroxylation is 1. The number of fused-ring (bicyclic) bond motifs is 1. The second kappa shape index (κ2) is 9.52. The summed E-state index contributed by atoms with van der Waals surface area (Å²) in [6, 6.07) is 6.95. The van der Waals surface area contributed by atoms with E-state index in [1.54, 1.807) is 13.0 Å². The summed E-state index contributed by atoms with van der Waals surface area (Å²) in [6.45, 7) is 1.70. The van der Waals surface area contributed by atoms with Gasteiger partial charge in [0, 0.05) is 22.0 Å². The molecule has 3 aromatic rings. The van der Waals surface area contributed by atoms with E-state index in [1.165, 1.54) is 12.1 Å². The first kappa shape index (κ1) is 28.2. The molecule has 0 unspecified atom stereocenters. The summed E-state index contributed by atoms with van der Waals surface area (Å²) in [6.07, 6.45) is 0. The van der Waals surface area contributed by atoms with Gasteiger partial charge in [0.15, 0.2) is 0 Å². The first-order valence-electron chi connectivity index (χ1n) is 8.71. The van der Waals surface area contributed by atoms with Crippen molar-refractivity contribution < 1.29 is 43.7 Å². The van der Waals surface area contributed by atoms with Crippen LogP contribution in [0.1, 0.15) is 15.9 Å². The van der Waals surface area contributed by atoms with Gasteiger partial charge in [0.2, 0.25) is 0 Å². The monoisotopic (exact) mass is 540 g/mol. The Morgan fingerprint density at radius 1 is 0.824 bits per heavy atom. The van der Waals surface area contributed by atoms with Gasteiger partial charge in [-0.05, 0) is 48.9 Å². The van der Waals surface area contributed by atoms with E-state index in [4.69, 9.17) is 5.73 Å². The molecule has 3 aromatic carbocycles. The zero-order valence-electron chi connectivity index (χ0n) is 16.5. The SMILES string of the molecule is Cc1ccc(C(=O)Nc2ccc(S(=O)(=O)O)c3cc(S(=O)(=O)O)cc(S(=O)(=O)O)c23)cc1N.[NaH]. The van der Waals surface area contributed by atoms with Crippen molar-refractivity contribution in [3.8, 4) is 0 Å². The third-order valence-corrected chi connectivity index (χ3v) is 7.28. The van der Waals surface area contributed by atoms with E-state index in [0.29, 0.717) is 17.7 Å². The van der Waals surface area contributed by atoms with Gasteiger partial charge in [-0.2, -0.15) is 25.3 Å². The standard InChI is InChI=1S/C18H16N2O10S3.Na.H/c1-9-2-3-10(6-13(9)19)18(21)20-14-4-5-15(32(25,26)27)12-7-11(31(22,23)24)8-16(17(12)14)33(28,29)30;;/h2-8H,19H2,1H3,(H,20,21)(H,22,23,24)(H,25,26,27)(H,28,29,30);;. The Labute approximate surface area is 216 Å². The second-order valence-corrected chi connectivity index (χ2v) is 11.1. The molecule has 6 N–H and O–H groups in total. The van der Waals surface area contributed by atoms with Gasteiger partial charge in [0.25, 0.3) is 36.3 Å². The van der Waals surface area contributed by atoms with Gasteiger partial charge in [0.05, 0.1) is 10.6 Å². The van der Waals surface area contributed by atoms with Gasteiger partial charge in [-0.1, -0.05) is 6.07 Å². The topological polar surface area (TPSA) is 218 Å². The molecule has 0 aliphatic heterocycles. The number of carbonyl (C=O) groups is 1. The summed E-state index contributed by atoms with van der Waals surface area (Å²) in [7, 11) is -15.4. The summed E-state index contributed by atoms with van der Waals surface area (Å²) in [5.74, 6) is -0.803. The van der Waals surface area contributed by atoms with Gasteiger partial charge in [-0.3, -0.25) is 18.5 Å². The average Bonchev–Trinajstić information content (AvgIpc) is 2.66. The number of nitrogens with one attached hydrogen (secondary N) is 1. The minimum atomic E-state index is -5.23. The van der Waals surface area contributed by atoms with E-state index >= 15 is 0 Å². The summed E-state index contributed by atoms with van der Waals surface area (Å²) >= 11 is 0. The number of anilines is 2. The van der Waals surface area contributed by atoms with Crippen molar-refractivity contribution in [2.75, 3.05) is 11.1 Å². The third kappa shape index (κ3) is 5.76. The Balaban J connectivity index is 0.00000408. The van der Waals surface area contributed by atoms with Crippen molar-refractivity contribution >= 4 is 88.0 Å². The second-order valence-electron chi connectivity index (χ2n) is 6.91. The number of nitrogen functional groups attached to an aromatic ring is 1. The number of amides is 1. The van der Waals surface area contributed by atoms with Crippen LogP contribution < -0.4 is 11.1 Å². The van der Waals surface area contributed by atoms with Gasteiger partial charge in [0.1, 0.15) is 9.79 Å². The third-order valence-electron chi connectivity index (χ3n) is 4.66. The maximum absolute atomic E-state index is 12.7. The van der Waals surface area contributed by atoms with Crippen LogP contribution in [0.15, 0.2) is 57.2 Å². The van der Waals surface area contributed by atoms with Crippen LogP contribution in [0, 0.1) is 6.92 Å².